The first kappa shape index (κ1) is 10.4. The normalized spacial score (nSPS) is 6.75. The summed E-state index contributed by atoms with van der Waals surface area (Å²) in [5.41, 5.74) is 2.25. The predicted octanol–water partition coefficient (Wildman–Crippen LogP) is -0.640. The lowest BCUT2D eigenvalue weighted by atomic mass is 11.0. The average molecular weight is 137 g/mol. The standard InChI is InChI=1S/C3H4.H3NO3S/c1-3-2;1-4-5(2)3/h1-2H2;5H,1H2. The molecule has 0 aromatic carbocycles. The van der Waals surface area contributed by atoms with Crippen LogP contribution in [0.3, 0.4) is 0 Å². The van der Waals surface area contributed by atoms with Crippen molar-refractivity contribution in [2.75, 3.05) is 0 Å². The maximum Gasteiger partial charge on any atom is 0.272 e. The van der Waals surface area contributed by atoms with Gasteiger partial charge in [0.05, 0.1) is 0 Å². The fourth-order valence-corrected chi connectivity index (χ4v) is 0. The Kier molecular flexibility index (Phi) is 12.5. The average Bonchev–Trinajstić information content (AvgIpc) is 1.69. The molecule has 0 aliphatic rings. The van der Waals surface area contributed by atoms with Gasteiger partial charge in [-0.25, -0.2) is 8.42 Å². The Morgan fingerprint density at radius 3 is 1.62 bits per heavy atom. The minimum atomic E-state index is -2.82. The van der Waals surface area contributed by atoms with E-state index in [-0.39, 0.29) is 0 Å². The van der Waals surface area contributed by atoms with Gasteiger partial charge in [-0.15, -0.1) is 5.73 Å². The molecular weight excluding hydrogens is 130 g/mol. The van der Waals surface area contributed by atoms with Crippen molar-refractivity contribution in [1.29, 1.82) is 0 Å². The smallest absolute Gasteiger partial charge is 0.201 e. The third-order valence-corrected chi connectivity index (χ3v) is 0.258. The highest BCUT2D eigenvalue weighted by atomic mass is 32.2. The molecule has 8 heavy (non-hydrogen) atoms. The van der Waals surface area contributed by atoms with Crippen molar-refractivity contribution in [2.45, 2.75) is 0 Å². The summed E-state index contributed by atoms with van der Waals surface area (Å²) in [5.74, 6) is 4.08. The second-order valence-electron chi connectivity index (χ2n) is 0.579. The summed E-state index contributed by atoms with van der Waals surface area (Å²) in [7, 11) is -2.82. The molecule has 0 fully saturated rings. The van der Waals surface area contributed by atoms with E-state index >= 15 is 0 Å². The molecule has 0 saturated heterocycles. The monoisotopic (exact) mass is 137 g/mol. The third-order valence-electron chi connectivity index (χ3n) is 0.0861. The number of rotatable bonds is 1. The molecule has 5 heteroatoms. The second-order valence-corrected chi connectivity index (χ2v) is 1.24. The van der Waals surface area contributed by atoms with Gasteiger partial charge in [-0.1, -0.05) is 13.2 Å². The van der Waals surface area contributed by atoms with Crippen molar-refractivity contribution in [1.82, 2.24) is 0 Å². The van der Waals surface area contributed by atoms with Gasteiger partial charge in [-0.2, -0.15) is 10.2 Å². The molecule has 48 valence electrons. The minimum absolute atomic E-state index is 2.25. The molecule has 0 spiro atoms. The van der Waals surface area contributed by atoms with Crippen LogP contribution in [0.15, 0.2) is 18.9 Å². The highest BCUT2D eigenvalue weighted by molar-refractivity contribution is 7.67. The quantitative estimate of drug-likeness (QED) is 0.286. The third kappa shape index (κ3) is 53.8. The van der Waals surface area contributed by atoms with Gasteiger partial charge in [0, 0.05) is 0 Å². The van der Waals surface area contributed by atoms with Crippen LogP contribution in [0.1, 0.15) is 0 Å². The lowest BCUT2D eigenvalue weighted by molar-refractivity contribution is 0.350. The molecule has 0 bridgehead atoms. The largest absolute Gasteiger partial charge is 0.272 e. The molecule has 4 nitrogen and oxygen atoms in total. The Morgan fingerprint density at radius 2 is 1.62 bits per heavy atom. The zero-order valence-electron chi connectivity index (χ0n) is 4.16. The van der Waals surface area contributed by atoms with Crippen molar-refractivity contribution in [2.24, 2.45) is 5.90 Å². The van der Waals surface area contributed by atoms with Gasteiger partial charge in [0.25, 0.3) is 11.0 Å². The lowest BCUT2D eigenvalue weighted by Crippen LogP contribution is -1.93. The summed E-state index contributed by atoms with van der Waals surface area (Å²) >= 11 is 0. The first-order chi connectivity index (χ1) is 3.68. The SMILES string of the molecule is C=C=C.NO[SH](=O)=O. The molecule has 0 aliphatic heterocycles. The van der Waals surface area contributed by atoms with Crippen LogP contribution in [0.25, 0.3) is 0 Å². The molecule has 0 atom stereocenters. The number of hydrogen-bond donors (Lipinski definition) is 2. The Balaban J connectivity index is 0. The van der Waals surface area contributed by atoms with Gasteiger partial charge >= 0.3 is 0 Å². The molecule has 0 aromatic heterocycles. The lowest BCUT2D eigenvalue weighted by Gasteiger charge is -1.66. The van der Waals surface area contributed by atoms with Gasteiger partial charge < -0.3 is 0 Å². The van der Waals surface area contributed by atoms with E-state index in [0.717, 1.165) is 0 Å². The molecule has 0 radical (unpaired) electrons. The fourth-order valence-electron chi connectivity index (χ4n) is 0. The summed E-state index contributed by atoms with van der Waals surface area (Å²) in [5, 5.41) is 0. The van der Waals surface area contributed by atoms with Crippen LogP contribution < -0.4 is 5.90 Å². The van der Waals surface area contributed by atoms with Crippen LogP contribution in [0.4, 0.5) is 0 Å². The zero-order chi connectivity index (χ0) is 6.99. The van der Waals surface area contributed by atoms with Crippen LogP contribution in [0.5, 0.6) is 0 Å². The van der Waals surface area contributed by atoms with Crippen molar-refractivity contribution in [3.63, 3.8) is 0 Å². The first-order valence-electron chi connectivity index (χ1n) is 1.49. The minimum Gasteiger partial charge on any atom is -0.201 e. The van der Waals surface area contributed by atoms with Crippen molar-refractivity contribution < 1.29 is 12.7 Å². The molecule has 0 aromatic rings. The highest BCUT2D eigenvalue weighted by Gasteiger charge is 1.62. The van der Waals surface area contributed by atoms with E-state index in [1.807, 2.05) is 0 Å². The molecule has 0 amide bonds. The number of hydrogen-bond acceptors (Lipinski definition) is 4. The van der Waals surface area contributed by atoms with Crippen LogP contribution in [-0.2, 0) is 15.3 Å². The Bertz CT molecular complexity index is 125. The Hall–Kier alpha value is -0.610. The van der Waals surface area contributed by atoms with E-state index in [4.69, 9.17) is 8.42 Å². The molecular formula is C3H7NO3S. The van der Waals surface area contributed by atoms with Gasteiger partial charge in [-0.05, 0) is 0 Å². The summed E-state index contributed by atoms with van der Waals surface area (Å²) in [6.07, 6.45) is 0. The molecule has 0 aliphatic carbocycles. The van der Waals surface area contributed by atoms with Crippen LogP contribution in [0, 0.1) is 0 Å². The van der Waals surface area contributed by atoms with Crippen LogP contribution in [-0.4, -0.2) is 8.42 Å². The molecule has 2 N–H and O–H groups in total. The fraction of sp³-hybridized carbons (Fsp3) is 0. The summed E-state index contributed by atoms with van der Waals surface area (Å²) in [6.45, 7) is 6.25. The molecule has 0 unspecified atom stereocenters. The Labute approximate surface area is 49.4 Å². The van der Waals surface area contributed by atoms with E-state index in [1.54, 1.807) is 0 Å². The van der Waals surface area contributed by atoms with Crippen molar-refractivity contribution >= 4 is 11.0 Å². The van der Waals surface area contributed by atoms with E-state index in [0.29, 0.717) is 0 Å². The summed E-state index contributed by atoms with van der Waals surface area (Å²) in [4.78, 5) is 0. The number of thiol groups is 1. The Morgan fingerprint density at radius 1 is 1.50 bits per heavy atom. The topological polar surface area (TPSA) is 69.4 Å². The van der Waals surface area contributed by atoms with Crippen molar-refractivity contribution in [3.05, 3.63) is 18.9 Å². The summed E-state index contributed by atoms with van der Waals surface area (Å²) in [6, 6.07) is 0. The maximum absolute atomic E-state index is 9.06. The van der Waals surface area contributed by atoms with Crippen LogP contribution in [0.2, 0.25) is 0 Å². The first-order valence-corrected chi connectivity index (χ1v) is 2.59. The zero-order valence-corrected chi connectivity index (χ0v) is 5.06. The highest BCUT2D eigenvalue weighted by Crippen LogP contribution is 1.45. The van der Waals surface area contributed by atoms with Gasteiger partial charge in [0.2, 0.25) is 0 Å². The van der Waals surface area contributed by atoms with Crippen molar-refractivity contribution in [3.8, 4) is 0 Å². The van der Waals surface area contributed by atoms with E-state index < -0.39 is 11.0 Å². The van der Waals surface area contributed by atoms with Gasteiger partial charge in [0.15, 0.2) is 0 Å². The maximum atomic E-state index is 9.06. The van der Waals surface area contributed by atoms with E-state index in [9.17, 15) is 0 Å². The van der Waals surface area contributed by atoms with Crippen LogP contribution >= 0.6 is 0 Å². The van der Waals surface area contributed by atoms with E-state index in [1.165, 1.54) is 0 Å². The predicted molar refractivity (Wildman–Crippen MR) is 30.4 cm³/mol. The molecule has 0 heterocycles. The molecule has 0 rings (SSSR count). The summed E-state index contributed by atoms with van der Waals surface area (Å²) < 4.78 is 21.3. The second kappa shape index (κ2) is 9.63. The van der Waals surface area contributed by atoms with E-state index in [2.05, 4.69) is 29.1 Å². The molecule has 0 saturated carbocycles. The van der Waals surface area contributed by atoms with Gasteiger partial charge in [0.1, 0.15) is 0 Å². The van der Waals surface area contributed by atoms with Gasteiger partial charge in [-0.3, -0.25) is 0 Å². The number of nitrogens with two attached hydrogens (primary N) is 1.